The van der Waals surface area contributed by atoms with Crippen LogP contribution in [0, 0.1) is 0 Å². The zero-order valence-corrected chi connectivity index (χ0v) is 14.3. The van der Waals surface area contributed by atoms with Crippen molar-refractivity contribution in [2.45, 2.75) is 65.2 Å². The fraction of sp³-hybridized carbons (Fsp3) is 0.667. The average Bonchev–Trinajstić information content (AvgIpc) is 2.48. The van der Waals surface area contributed by atoms with Crippen LogP contribution in [0.4, 0.5) is 5.69 Å². The number of rotatable bonds is 12. The zero-order valence-electron chi connectivity index (χ0n) is 13.6. The molecule has 1 aromatic carbocycles. The van der Waals surface area contributed by atoms with Gasteiger partial charge in [-0.15, -0.1) is 0 Å². The molecule has 0 amide bonds. The van der Waals surface area contributed by atoms with Crippen molar-refractivity contribution in [1.82, 2.24) is 0 Å². The van der Waals surface area contributed by atoms with Gasteiger partial charge in [0.25, 0.3) is 0 Å². The molecule has 120 valence electrons. The Morgan fingerprint density at radius 1 is 0.952 bits per heavy atom. The van der Waals surface area contributed by atoms with Crippen molar-refractivity contribution >= 4 is 17.3 Å². The van der Waals surface area contributed by atoms with Crippen molar-refractivity contribution in [3.63, 3.8) is 0 Å². The molecule has 0 saturated heterocycles. The molecule has 0 bridgehead atoms. The number of anilines is 1. The molecule has 1 rings (SSSR count). The molecule has 0 radical (unpaired) electrons. The number of ether oxygens (including phenoxy) is 1. The van der Waals surface area contributed by atoms with Crippen molar-refractivity contribution in [3.05, 3.63) is 23.2 Å². The van der Waals surface area contributed by atoms with Crippen LogP contribution in [0.1, 0.15) is 65.2 Å². The highest BCUT2D eigenvalue weighted by Gasteiger charge is 2.02. The minimum atomic E-state index is 0.644. The Morgan fingerprint density at radius 2 is 1.62 bits per heavy atom. The monoisotopic (exact) mass is 311 g/mol. The minimum Gasteiger partial charge on any atom is -0.492 e. The molecule has 21 heavy (non-hydrogen) atoms. The Balaban J connectivity index is 2.08. The number of unbranched alkanes of at least 4 members (excludes halogenated alkanes) is 7. The summed E-state index contributed by atoms with van der Waals surface area (Å²) >= 11 is 6.17. The predicted molar refractivity (Wildman–Crippen MR) is 93.7 cm³/mol. The third-order valence-corrected chi connectivity index (χ3v) is 3.89. The Kier molecular flexibility index (Phi) is 10.1. The van der Waals surface area contributed by atoms with Crippen molar-refractivity contribution in [2.24, 2.45) is 0 Å². The second-order valence-corrected chi connectivity index (χ2v) is 5.89. The molecule has 1 aromatic rings. The van der Waals surface area contributed by atoms with Gasteiger partial charge >= 0.3 is 0 Å². The molecule has 0 aliphatic rings. The fourth-order valence-corrected chi connectivity index (χ4v) is 2.61. The highest BCUT2D eigenvalue weighted by atomic mass is 35.5. The highest BCUT2D eigenvalue weighted by molar-refractivity contribution is 6.32. The van der Waals surface area contributed by atoms with E-state index in [0.29, 0.717) is 11.6 Å². The van der Waals surface area contributed by atoms with E-state index in [1.54, 1.807) is 0 Å². The number of nitrogens with one attached hydrogen (secondary N) is 1. The van der Waals surface area contributed by atoms with Gasteiger partial charge in [-0.3, -0.25) is 0 Å². The van der Waals surface area contributed by atoms with Crippen LogP contribution >= 0.6 is 11.6 Å². The van der Waals surface area contributed by atoms with E-state index in [-0.39, 0.29) is 0 Å². The van der Waals surface area contributed by atoms with Gasteiger partial charge in [0.1, 0.15) is 5.75 Å². The first-order chi connectivity index (χ1) is 10.3. The van der Waals surface area contributed by atoms with Gasteiger partial charge in [-0.1, -0.05) is 63.5 Å². The summed E-state index contributed by atoms with van der Waals surface area (Å²) < 4.78 is 5.43. The van der Waals surface area contributed by atoms with Gasteiger partial charge in [0.2, 0.25) is 0 Å². The summed E-state index contributed by atoms with van der Waals surface area (Å²) in [5, 5.41) is 4.10. The van der Waals surface area contributed by atoms with E-state index in [4.69, 9.17) is 16.3 Å². The van der Waals surface area contributed by atoms with Gasteiger partial charge in [0.15, 0.2) is 0 Å². The van der Waals surface area contributed by atoms with Crippen LogP contribution in [0.5, 0.6) is 5.75 Å². The third kappa shape index (κ3) is 8.21. The number of benzene rings is 1. The van der Waals surface area contributed by atoms with Gasteiger partial charge in [-0.05, 0) is 31.5 Å². The molecule has 0 spiro atoms. The maximum Gasteiger partial charge on any atom is 0.138 e. The van der Waals surface area contributed by atoms with E-state index in [1.165, 1.54) is 51.4 Å². The lowest BCUT2D eigenvalue weighted by Crippen LogP contribution is -2.01. The fourth-order valence-electron chi connectivity index (χ4n) is 2.37. The van der Waals surface area contributed by atoms with Gasteiger partial charge in [-0.2, -0.15) is 0 Å². The van der Waals surface area contributed by atoms with Crippen molar-refractivity contribution in [1.29, 1.82) is 0 Å². The predicted octanol–water partition coefficient (Wildman–Crippen LogP) is 6.29. The number of hydrogen-bond donors (Lipinski definition) is 1. The molecule has 0 heterocycles. The van der Waals surface area contributed by atoms with E-state index in [2.05, 4.69) is 12.2 Å². The molecule has 0 aliphatic carbocycles. The highest BCUT2D eigenvalue weighted by Crippen LogP contribution is 2.27. The second kappa shape index (κ2) is 11.7. The molecular weight excluding hydrogens is 282 g/mol. The molecule has 0 atom stereocenters. The Hall–Kier alpha value is -0.890. The third-order valence-electron chi connectivity index (χ3n) is 3.59. The summed E-state index contributed by atoms with van der Waals surface area (Å²) in [4.78, 5) is 0. The van der Waals surface area contributed by atoms with Crippen LogP contribution in [-0.2, 0) is 0 Å². The zero-order chi connectivity index (χ0) is 15.3. The summed E-state index contributed by atoms with van der Waals surface area (Å²) in [7, 11) is 0. The molecule has 1 N–H and O–H groups in total. The van der Waals surface area contributed by atoms with Crippen LogP contribution < -0.4 is 10.1 Å². The molecular formula is C18H30ClNO. The molecule has 0 unspecified atom stereocenters. The van der Waals surface area contributed by atoms with E-state index in [1.807, 2.05) is 25.1 Å². The Labute approximate surface area is 135 Å². The van der Waals surface area contributed by atoms with Gasteiger partial charge in [0, 0.05) is 12.2 Å². The smallest absolute Gasteiger partial charge is 0.138 e. The molecule has 0 saturated carbocycles. The summed E-state index contributed by atoms with van der Waals surface area (Å²) in [6.07, 6.45) is 10.8. The van der Waals surface area contributed by atoms with Crippen LogP contribution in [0.3, 0.4) is 0 Å². The normalized spacial score (nSPS) is 10.6. The summed E-state index contributed by atoms with van der Waals surface area (Å²) in [6.45, 7) is 5.88. The Bertz CT molecular complexity index is 381. The first-order valence-electron chi connectivity index (χ1n) is 8.44. The largest absolute Gasteiger partial charge is 0.492 e. The van der Waals surface area contributed by atoms with Crippen LogP contribution in [0.2, 0.25) is 5.02 Å². The molecule has 3 heteroatoms. The van der Waals surface area contributed by atoms with Gasteiger partial charge < -0.3 is 10.1 Å². The van der Waals surface area contributed by atoms with E-state index >= 15 is 0 Å². The first-order valence-corrected chi connectivity index (χ1v) is 8.82. The standard InChI is InChI=1S/C18H30ClNO/c1-3-5-6-7-8-9-10-11-14-20-16-12-13-18(21-4-2)17(19)15-16/h12-13,15,20H,3-11,14H2,1-2H3. The molecule has 2 nitrogen and oxygen atoms in total. The van der Waals surface area contributed by atoms with Gasteiger partial charge in [-0.25, -0.2) is 0 Å². The number of hydrogen-bond acceptors (Lipinski definition) is 2. The van der Waals surface area contributed by atoms with E-state index in [0.717, 1.165) is 18.0 Å². The second-order valence-electron chi connectivity index (χ2n) is 5.48. The SMILES string of the molecule is CCCCCCCCCCNc1ccc(OCC)c(Cl)c1. The molecule has 0 aromatic heterocycles. The summed E-state index contributed by atoms with van der Waals surface area (Å²) in [5.74, 6) is 0.761. The lowest BCUT2D eigenvalue weighted by atomic mass is 10.1. The van der Waals surface area contributed by atoms with E-state index < -0.39 is 0 Å². The van der Waals surface area contributed by atoms with E-state index in [9.17, 15) is 0 Å². The first kappa shape index (κ1) is 18.2. The van der Waals surface area contributed by atoms with Crippen LogP contribution in [0.15, 0.2) is 18.2 Å². The maximum atomic E-state index is 6.17. The average molecular weight is 312 g/mol. The minimum absolute atomic E-state index is 0.644. The van der Waals surface area contributed by atoms with Crippen molar-refractivity contribution in [2.75, 3.05) is 18.5 Å². The van der Waals surface area contributed by atoms with Gasteiger partial charge in [0.05, 0.1) is 11.6 Å². The van der Waals surface area contributed by atoms with Crippen molar-refractivity contribution < 1.29 is 4.74 Å². The summed E-state index contributed by atoms with van der Waals surface area (Å²) in [5.41, 5.74) is 1.08. The van der Waals surface area contributed by atoms with Crippen LogP contribution in [0.25, 0.3) is 0 Å². The Morgan fingerprint density at radius 3 is 2.24 bits per heavy atom. The topological polar surface area (TPSA) is 21.3 Å². The summed E-state index contributed by atoms with van der Waals surface area (Å²) in [6, 6.07) is 5.90. The quantitative estimate of drug-likeness (QED) is 0.458. The van der Waals surface area contributed by atoms with Crippen molar-refractivity contribution in [3.8, 4) is 5.75 Å². The van der Waals surface area contributed by atoms with Crippen LogP contribution in [-0.4, -0.2) is 13.2 Å². The lowest BCUT2D eigenvalue weighted by Gasteiger charge is -2.10. The lowest BCUT2D eigenvalue weighted by molar-refractivity contribution is 0.340. The number of halogens is 1. The molecule has 0 fully saturated rings. The maximum absolute atomic E-state index is 6.17. The molecule has 0 aliphatic heterocycles.